The summed E-state index contributed by atoms with van der Waals surface area (Å²) in [7, 11) is 1.34. The van der Waals surface area contributed by atoms with Crippen molar-refractivity contribution in [3.63, 3.8) is 0 Å². The lowest BCUT2D eigenvalue weighted by molar-refractivity contribution is -0.138. The highest BCUT2D eigenvalue weighted by Crippen LogP contribution is 2.22. The van der Waals surface area contributed by atoms with Gasteiger partial charge in [0, 0.05) is 12.0 Å². The van der Waals surface area contributed by atoms with Gasteiger partial charge in [0.2, 0.25) is 17.6 Å². The first-order chi connectivity index (χ1) is 20.0. The van der Waals surface area contributed by atoms with Crippen LogP contribution in [0.4, 0.5) is 0 Å². The number of unbranched alkanes of at least 4 members (excludes halogenated alkanes) is 3. The summed E-state index contributed by atoms with van der Waals surface area (Å²) in [6.07, 6.45) is 4.92. The molecule has 4 aromatic rings. The van der Waals surface area contributed by atoms with Gasteiger partial charge in [0.25, 0.3) is 5.91 Å². The molecule has 41 heavy (non-hydrogen) atoms. The lowest BCUT2D eigenvalue weighted by atomic mass is 10.0. The van der Waals surface area contributed by atoms with Crippen molar-refractivity contribution in [1.29, 1.82) is 0 Å². The number of ether oxygens (including phenoxy) is 2. The fraction of sp³-hybridized carbons (Fsp3) is 0.281. The molecular weight excluding hydrogens is 522 g/mol. The molecule has 0 saturated heterocycles. The van der Waals surface area contributed by atoms with E-state index in [1.54, 1.807) is 42.5 Å². The van der Waals surface area contributed by atoms with Gasteiger partial charge >= 0.3 is 5.97 Å². The highest BCUT2D eigenvalue weighted by Gasteiger charge is 2.15. The molecule has 0 aliphatic rings. The Kier molecular flexibility index (Phi) is 10.8. The number of benzene rings is 3. The van der Waals surface area contributed by atoms with Gasteiger partial charge in [0.1, 0.15) is 12.4 Å². The molecule has 212 valence electrons. The lowest BCUT2D eigenvalue weighted by Gasteiger charge is -2.08. The van der Waals surface area contributed by atoms with E-state index in [9.17, 15) is 14.4 Å². The molecule has 1 N–H and O–H groups in total. The van der Waals surface area contributed by atoms with Gasteiger partial charge in [-0.05, 0) is 66.8 Å². The average Bonchev–Trinajstić information content (AvgIpc) is 3.50. The highest BCUT2D eigenvalue weighted by atomic mass is 16.5. The van der Waals surface area contributed by atoms with Gasteiger partial charge in [-0.1, -0.05) is 55.3 Å². The maximum absolute atomic E-state index is 12.2. The Hall–Kier alpha value is -4.79. The molecular formula is C32H33N3O6. The standard InChI is InChI=1S/C32H33N3O6/c1-39-32(38)26-14-9-13-24(20-26)22-40-27-18-16-25(17-19-27)31-35-34-29(41-31)21-33-30(37)28(36)15-8-3-2-5-10-23-11-6-4-7-12-23/h4,6-7,9,11-14,16-20H,2-3,5,8,10,15,21-22H2,1H3,(H,33,37). The maximum atomic E-state index is 12.2. The first-order valence-electron chi connectivity index (χ1n) is 13.6. The summed E-state index contributed by atoms with van der Waals surface area (Å²) in [4.78, 5) is 36.1. The van der Waals surface area contributed by atoms with Gasteiger partial charge in [0.05, 0.1) is 19.2 Å². The molecule has 0 bridgehead atoms. The van der Waals surface area contributed by atoms with Gasteiger partial charge in [-0.25, -0.2) is 4.79 Å². The van der Waals surface area contributed by atoms with Gasteiger partial charge < -0.3 is 19.2 Å². The Morgan fingerprint density at radius 2 is 1.59 bits per heavy atom. The molecule has 9 nitrogen and oxygen atoms in total. The van der Waals surface area contributed by atoms with E-state index >= 15 is 0 Å². The topological polar surface area (TPSA) is 121 Å². The third kappa shape index (κ3) is 9.13. The normalized spacial score (nSPS) is 10.7. The summed E-state index contributed by atoms with van der Waals surface area (Å²) >= 11 is 0. The number of Topliss-reactive ketones (excluding diaryl/α,β-unsaturated/α-hetero) is 1. The number of rotatable bonds is 15. The number of aromatic nitrogens is 2. The van der Waals surface area contributed by atoms with Crippen LogP contribution in [0.15, 0.2) is 83.3 Å². The van der Waals surface area contributed by atoms with Crippen molar-refractivity contribution in [2.45, 2.75) is 51.7 Å². The molecule has 0 saturated carbocycles. The number of hydrogen-bond donors (Lipinski definition) is 1. The molecule has 0 aliphatic carbocycles. The highest BCUT2D eigenvalue weighted by molar-refractivity contribution is 6.36. The zero-order valence-electron chi connectivity index (χ0n) is 23.0. The Morgan fingerprint density at radius 1 is 0.829 bits per heavy atom. The second kappa shape index (κ2) is 15.1. The van der Waals surface area contributed by atoms with Crippen LogP contribution in [-0.2, 0) is 33.9 Å². The molecule has 0 radical (unpaired) electrons. The van der Waals surface area contributed by atoms with E-state index in [2.05, 4.69) is 27.6 Å². The Labute approximate surface area is 238 Å². The third-order valence-electron chi connectivity index (χ3n) is 6.44. The summed E-state index contributed by atoms with van der Waals surface area (Å²) in [5, 5.41) is 10.5. The molecule has 4 rings (SSSR count). The van der Waals surface area contributed by atoms with Crippen LogP contribution in [0, 0.1) is 0 Å². The minimum Gasteiger partial charge on any atom is -0.489 e. The van der Waals surface area contributed by atoms with E-state index in [0.717, 1.165) is 31.2 Å². The zero-order valence-corrected chi connectivity index (χ0v) is 23.0. The number of carbonyl (C=O) groups excluding carboxylic acids is 3. The minimum atomic E-state index is -0.646. The van der Waals surface area contributed by atoms with Crippen LogP contribution in [0.3, 0.4) is 0 Å². The van der Waals surface area contributed by atoms with Gasteiger partial charge in [-0.3, -0.25) is 9.59 Å². The number of carbonyl (C=O) groups is 3. The monoisotopic (exact) mass is 555 g/mol. The van der Waals surface area contributed by atoms with Crippen molar-refractivity contribution < 1.29 is 28.3 Å². The van der Waals surface area contributed by atoms with Crippen molar-refractivity contribution in [3.8, 4) is 17.2 Å². The second-order valence-corrected chi connectivity index (χ2v) is 9.51. The summed E-state index contributed by atoms with van der Waals surface area (Å²) < 4.78 is 16.2. The van der Waals surface area contributed by atoms with Crippen molar-refractivity contribution in [1.82, 2.24) is 15.5 Å². The number of nitrogens with zero attached hydrogens (tertiary/aromatic N) is 2. The van der Waals surface area contributed by atoms with Crippen LogP contribution in [0.5, 0.6) is 5.75 Å². The fourth-order valence-corrected chi connectivity index (χ4v) is 4.19. The Balaban J connectivity index is 1.16. The van der Waals surface area contributed by atoms with Gasteiger partial charge in [-0.2, -0.15) is 0 Å². The van der Waals surface area contributed by atoms with Crippen molar-refractivity contribution in [3.05, 3.63) is 101 Å². The van der Waals surface area contributed by atoms with Gasteiger partial charge in [0.15, 0.2) is 0 Å². The first kappa shape index (κ1) is 29.2. The van der Waals surface area contributed by atoms with E-state index < -0.39 is 17.7 Å². The quantitative estimate of drug-likeness (QED) is 0.116. The number of nitrogens with one attached hydrogen (secondary N) is 1. The summed E-state index contributed by atoms with van der Waals surface area (Å²) in [6.45, 7) is 0.252. The van der Waals surface area contributed by atoms with Crippen LogP contribution in [0.2, 0.25) is 0 Å². The van der Waals surface area contributed by atoms with E-state index in [4.69, 9.17) is 13.9 Å². The van der Waals surface area contributed by atoms with Crippen LogP contribution in [0.25, 0.3) is 11.5 Å². The predicted molar refractivity (Wildman–Crippen MR) is 152 cm³/mol. The van der Waals surface area contributed by atoms with E-state index in [0.29, 0.717) is 23.3 Å². The lowest BCUT2D eigenvalue weighted by Crippen LogP contribution is -2.30. The largest absolute Gasteiger partial charge is 0.489 e. The third-order valence-corrected chi connectivity index (χ3v) is 6.44. The molecule has 1 amide bonds. The minimum absolute atomic E-state index is 0.0273. The van der Waals surface area contributed by atoms with Crippen molar-refractivity contribution in [2.24, 2.45) is 0 Å². The summed E-state index contributed by atoms with van der Waals surface area (Å²) in [5.74, 6) is -0.379. The molecule has 3 aromatic carbocycles. The number of methoxy groups -OCH3 is 1. The van der Waals surface area contributed by atoms with Crippen molar-refractivity contribution >= 4 is 17.7 Å². The average molecular weight is 556 g/mol. The molecule has 0 atom stereocenters. The summed E-state index contributed by atoms with van der Waals surface area (Å²) in [6, 6.07) is 24.4. The zero-order chi connectivity index (χ0) is 28.9. The van der Waals surface area contributed by atoms with E-state index in [1.807, 2.05) is 24.3 Å². The Morgan fingerprint density at radius 3 is 2.37 bits per heavy atom. The number of amides is 1. The first-order valence-corrected chi connectivity index (χ1v) is 13.6. The molecule has 0 aliphatic heterocycles. The fourth-order valence-electron chi connectivity index (χ4n) is 4.19. The molecule has 0 unspecified atom stereocenters. The van der Waals surface area contributed by atoms with Crippen LogP contribution < -0.4 is 10.1 Å². The molecule has 1 heterocycles. The molecule has 9 heteroatoms. The number of hydrogen-bond acceptors (Lipinski definition) is 8. The Bertz CT molecular complexity index is 1430. The number of ketones is 1. The number of esters is 1. The second-order valence-electron chi connectivity index (χ2n) is 9.51. The van der Waals surface area contributed by atoms with Gasteiger partial charge in [-0.15, -0.1) is 10.2 Å². The predicted octanol–water partition coefficient (Wildman–Crippen LogP) is 5.48. The molecule has 0 spiro atoms. The van der Waals surface area contributed by atoms with Crippen LogP contribution >= 0.6 is 0 Å². The van der Waals surface area contributed by atoms with E-state index in [-0.39, 0.29) is 31.4 Å². The smallest absolute Gasteiger partial charge is 0.337 e. The molecule has 1 aromatic heterocycles. The number of aryl methyl sites for hydroxylation is 1. The maximum Gasteiger partial charge on any atom is 0.337 e. The SMILES string of the molecule is COC(=O)c1cccc(COc2ccc(-c3nnc(CNC(=O)C(=O)CCCCCCc4ccccc4)o3)cc2)c1. The summed E-state index contributed by atoms with van der Waals surface area (Å²) in [5.41, 5.74) is 3.29. The van der Waals surface area contributed by atoms with Crippen molar-refractivity contribution in [2.75, 3.05) is 7.11 Å². The van der Waals surface area contributed by atoms with E-state index in [1.165, 1.54) is 12.7 Å². The van der Waals surface area contributed by atoms with Crippen LogP contribution in [0.1, 0.15) is 59.5 Å². The molecule has 0 fully saturated rings. The van der Waals surface area contributed by atoms with Crippen LogP contribution in [-0.4, -0.2) is 35.0 Å².